The van der Waals surface area contributed by atoms with Crippen LogP contribution in [0.5, 0.6) is 0 Å². The van der Waals surface area contributed by atoms with Gasteiger partial charge >= 0.3 is 0 Å². The van der Waals surface area contributed by atoms with Gasteiger partial charge in [0.2, 0.25) is 5.13 Å². The molecule has 3 nitrogen and oxygen atoms in total. The summed E-state index contributed by atoms with van der Waals surface area (Å²) in [6, 6.07) is 0.336. The van der Waals surface area contributed by atoms with Crippen molar-refractivity contribution in [1.82, 2.24) is 9.36 Å². The maximum Gasteiger partial charge on any atom is 0.202 e. The number of aryl methyl sites for hydroxylation is 1. The number of rotatable bonds is 5. The van der Waals surface area contributed by atoms with Crippen molar-refractivity contribution in [3.8, 4) is 0 Å². The Labute approximate surface area is 107 Å². The lowest BCUT2D eigenvalue weighted by atomic mass is 9.85. The second kappa shape index (κ2) is 5.82. The van der Waals surface area contributed by atoms with E-state index in [0.717, 1.165) is 23.8 Å². The predicted octanol–water partition coefficient (Wildman–Crippen LogP) is 3.56. The lowest BCUT2D eigenvalue weighted by molar-refractivity contribution is 0.334. The lowest BCUT2D eigenvalue weighted by Gasteiger charge is -2.30. The number of nitrogens with zero attached hydrogens (tertiary/aromatic N) is 2. The molecule has 1 heterocycles. The molecule has 0 spiro atoms. The zero-order chi connectivity index (χ0) is 12.2. The summed E-state index contributed by atoms with van der Waals surface area (Å²) in [5, 5.41) is 4.34. The summed E-state index contributed by atoms with van der Waals surface area (Å²) in [5.41, 5.74) is 0.174. The van der Waals surface area contributed by atoms with Crippen molar-refractivity contribution in [2.24, 2.45) is 5.41 Å². The molecule has 16 heavy (non-hydrogen) atoms. The summed E-state index contributed by atoms with van der Waals surface area (Å²) in [5.74, 6) is 1.57. The van der Waals surface area contributed by atoms with Gasteiger partial charge < -0.3 is 5.32 Å². The maximum atomic E-state index is 5.83. The summed E-state index contributed by atoms with van der Waals surface area (Å²) < 4.78 is 4.26. The molecule has 1 atom stereocenters. The lowest BCUT2D eigenvalue weighted by Crippen LogP contribution is -2.34. The van der Waals surface area contributed by atoms with E-state index in [1.165, 1.54) is 11.5 Å². The van der Waals surface area contributed by atoms with Gasteiger partial charge in [-0.15, -0.1) is 11.6 Å². The van der Waals surface area contributed by atoms with Crippen LogP contribution >= 0.6 is 23.1 Å². The van der Waals surface area contributed by atoms with Gasteiger partial charge in [-0.1, -0.05) is 27.7 Å². The van der Waals surface area contributed by atoms with E-state index in [2.05, 4.69) is 42.4 Å². The highest BCUT2D eigenvalue weighted by molar-refractivity contribution is 7.09. The molecule has 92 valence electrons. The zero-order valence-corrected chi connectivity index (χ0v) is 12.0. The van der Waals surface area contributed by atoms with E-state index in [1.54, 1.807) is 0 Å². The van der Waals surface area contributed by atoms with Gasteiger partial charge in [-0.3, -0.25) is 0 Å². The van der Waals surface area contributed by atoms with E-state index >= 15 is 0 Å². The van der Waals surface area contributed by atoms with Gasteiger partial charge in [-0.25, -0.2) is 4.98 Å². The second-order valence-corrected chi connectivity index (χ2v) is 6.04. The van der Waals surface area contributed by atoms with Crippen molar-refractivity contribution in [2.45, 2.75) is 46.6 Å². The minimum atomic E-state index is 0.174. The highest BCUT2D eigenvalue weighted by Crippen LogP contribution is 2.26. The Morgan fingerprint density at radius 3 is 2.56 bits per heavy atom. The quantitative estimate of drug-likeness (QED) is 0.824. The minimum absolute atomic E-state index is 0.174. The van der Waals surface area contributed by atoms with E-state index in [9.17, 15) is 0 Å². The van der Waals surface area contributed by atoms with Gasteiger partial charge in [-0.2, -0.15) is 4.37 Å². The number of halogens is 1. The molecular formula is C11H20ClN3S. The average Bonchev–Trinajstić information content (AvgIpc) is 2.63. The fourth-order valence-electron chi connectivity index (χ4n) is 1.44. The second-order valence-electron chi connectivity index (χ2n) is 4.91. The molecule has 0 bridgehead atoms. The van der Waals surface area contributed by atoms with Gasteiger partial charge in [-0.05, 0) is 11.8 Å². The Morgan fingerprint density at radius 1 is 1.44 bits per heavy atom. The Bertz CT molecular complexity index is 319. The maximum absolute atomic E-state index is 5.83. The molecule has 0 fully saturated rings. The molecule has 1 N–H and O–H groups in total. The van der Waals surface area contributed by atoms with Crippen molar-refractivity contribution < 1.29 is 0 Å². The summed E-state index contributed by atoms with van der Waals surface area (Å²) in [7, 11) is 0. The number of anilines is 1. The van der Waals surface area contributed by atoms with Crippen LogP contribution in [-0.2, 0) is 6.42 Å². The van der Waals surface area contributed by atoms with Crippen LogP contribution in [0.1, 0.15) is 39.9 Å². The minimum Gasteiger partial charge on any atom is -0.357 e. The molecule has 0 amide bonds. The Hall–Kier alpha value is -0.350. The number of nitrogens with one attached hydrogen (secondary N) is 1. The topological polar surface area (TPSA) is 37.8 Å². The fraction of sp³-hybridized carbons (Fsp3) is 0.818. The van der Waals surface area contributed by atoms with Gasteiger partial charge in [0.05, 0.1) is 0 Å². The van der Waals surface area contributed by atoms with Crippen LogP contribution in [0.2, 0.25) is 0 Å². The average molecular weight is 262 g/mol. The van der Waals surface area contributed by atoms with Crippen LogP contribution in [-0.4, -0.2) is 21.3 Å². The van der Waals surface area contributed by atoms with Crippen molar-refractivity contribution in [1.29, 1.82) is 0 Å². The van der Waals surface area contributed by atoms with Crippen LogP contribution in [0.3, 0.4) is 0 Å². The first-order chi connectivity index (χ1) is 7.47. The van der Waals surface area contributed by atoms with Gasteiger partial charge in [0.15, 0.2) is 0 Å². The highest BCUT2D eigenvalue weighted by Gasteiger charge is 2.24. The molecule has 5 heteroatoms. The molecule has 0 aliphatic rings. The molecular weight excluding hydrogens is 242 g/mol. The first-order valence-electron chi connectivity index (χ1n) is 5.62. The van der Waals surface area contributed by atoms with Crippen LogP contribution in [0.15, 0.2) is 0 Å². The Morgan fingerprint density at radius 2 is 2.12 bits per heavy atom. The van der Waals surface area contributed by atoms with E-state index in [0.29, 0.717) is 11.9 Å². The fourth-order valence-corrected chi connectivity index (χ4v) is 2.36. The monoisotopic (exact) mass is 261 g/mol. The Balaban J connectivity index is 2.67. The van der Waals surface area contributed by atoms with Gasteiger partial charge in [0.1, 0.15) is 5.82 Å². The van der Waals surface area contributed by atoms with Crippen molar-refractivity contribution in [2.75, 3.05) is 11.2 Å². The largest absolute Gasteiger partial charge is 0.357 e. The third kappa shape index (κ3) is 3.91. The van der Waals surface area contributed by atoms with Crippen LogP contribution in [0, 0.1) is 5.41 Å². The van der Waals surface area contributed by atoms with Crippen molar-refractivity contribution >= 4 is 28.3 Å². The number of hydrogen-bond acceptors (Lipinski definition) is 4. The standard InChI is InChI=1S/C11H20ClN3S/c1-5-9-14-10(16-15-9)13-8(6-7-12)11(2,3)4/h8H,5-7H2,1-4H3,(H,13,14,15). The van der Waals surface area contributed by atoms with E-state index in [-0.39, 0.29) is 5.41 Å². The third-order valence-electron chi connectivity index (χ3n) is 2.53. The van der Waals surface area contributed by atoms with Crippen molar-refractivity contribution in [3.63, 3.8) is 0 Å². The van der Waals surface area contributed by atoms with Gasteiger partial charge in [0, 0.05) is 29.9 Å². The molecule has 1 aromatic heterocycles. The zero-order valence-electron chi connectivity index (χ0n) is 10.4. The number of alkyl halides is 1. The molecule has 1 unspecified atom stereocenters. The number of aromatic nitrogens is 2. The third-order valence-corrected chi connectivity index (χ3v) is 3.43. The van der Waals surface area contributed by atoms with E-state index < -0.39 is 0 Å². The SMILES string of the molecule is CCc1nsc(NC(CCCl)C(C)(C)C)n1. The first-order valence-corrected chi connectivity index (χ1v) is 6.93. The number of hydrogen-bond donors (Lipinski definition) is 1. The van der Waals surface area contributed by atoms with Crippen LogP contribution in [0.4, 0.5) is 5.13 Å². The normalized spacial score (nSPS) is 13.8. The molecule has 0 saturated heterocycles. The van der Waals surface area contributed by atoms with Gasteiger partial charge in [0.25, 0.3) is 0 Å². The molecule has 0 aromatic carbocycles. The van der Waals surface area contributed by atoms with E-state index in [4.69, 9.17) is 11.6 Å². The predicted molar refractivity (Wildman–Crippen MR) is 71.5 cm³/mol. The molecule has 1 aromatic rings. The van der Waals surface area contributed by atoms with Crippen LogP contribution < -0.4 is 5.32 Å². The summed E-state index contributed by atoms with van der Waals surface area (Å²) >= 11 is 7.26. The summed E-state index contributed by atoms with van der Waals surface area (Å²) in [6.45, 7) is 8.68. The summed E-state index contributed by atoms with van der Waals surface area (Å²) in [6.07, 6.45) is 1.82. The molecule has 0 aliphatic heterocycles. The van der Waals surface area contributed by atoms with Crippen LogP contribution in [0.25, 0.3) is 0 Å². The smallest absolute Gasteiger partial charge is 0.202 e. The van der Waals surface area contributed by atoms with E-state index in [1.807, 2.05) is 0 Å². The highest BCUT2D eigenvalue weighted by atomic mass is 35.5. The molecule has 0 radical (unpaired) electrons. The molecule has 0 aliphatic carbocycles. The van der Waals surface area contributed by atoms with Crippen molar-refractivity contribution in [3.05, 3.63) is 5.82 Å². The summed E-state index contributed by atoms with van der Waals surface area (Å²) in [4.78, 5) is 4.42. The first kappa shape index (κ1) is 13.7. The molecule has 1 rings (SSSR count). The Kier molecular flexibility index (Phi) is 4.99. The molecule has 0 saturated carbocycles.